The average Bonchev–Trinajstić information content (AvgIpc) is 2.98. The fourth-order valence-electron chi connectivity index (χ4n) is 3.20. The maximum absolute atomic E-state index is 12.4. The number of rotatable bonds is 5. The standard InChI is InChI=1S/C15H24N4O3/c1-11-13(9-16-18(11)3)17-14(21)8-15(10-22-4)6-5-7-19(15)12(2)20/h9H,5-8,10H2,1-4H3,(H,17,21)/t15-/m0/s1. The maximum atomic E-state index is 12.4. The van der Waals surface area contributed by atoms with Crippen LogP contribution in [0, 0.1) is 6.92 Å². The van der Waals surface area contributed by atoms with E-state index >= 15 is 0 Å². The van der Waals surface area contributed by atoms with E-state index in [1.165, 1.54) is 0 Å². The number of nitrogens with one attached hydrogen (secondary N) is 1. The number of methoxy groups -OCH3 is 1. The fraction of sp³-hybridized carbons (Fsp3) is 0.667. The Balaban J connectivity index is 2.12. The summed E-state index contributed by atoms with van der Waals surface area (Å²) in [5.74, 6) is -0.138. The summed E-state index contributed by atoms with van der Waals surface area (Å²) in [6.45, 7) is 4.48. The Morgan fingerprint density at radius 2 is 2.23 bits per heavy atom. The number of aryl methyl sites for hydroxylation is 1. The largest absolute Gasteiger partial charge is 0.382 e. The fourth-order valence-corrected chi connectivity index (χ4v) is 3.20. The first-order valence-electron chi connectivity index (χ1n) is 7.45. The third-order valence-corrected chi connectivity index (χ3v) is 4.39. The molecule has 0 unspecified atom stereocenters. The summed E-state index contributed by atoms with van der Waals surface area (Å²) in [5, 5.41) is 7.00. The topological polar surface area (TPSA) is 76.5 Å². The van der Waals surface area contributed by atoms with Gasteiger partial charge in [-0.05, 0) is 19.8 Å². The van der Waals surface area contributed by atoms with Crippen molar-refractivity contribution in [1.29, 1.82) is 0 Å². The molecule has 0 radical (unpaired) electrons. The molecule has 1 N–H and O–H groups in total. The van der Waals surface area contributed by atoms with Crippen molar-refractivity contribution in [2.24, 2.45) is 7.05 Å². The highest BCUT2D eigenvalue weighted by atomic mass is 16.5. The van der Waals surface area contributed by atoms with Crippen molar-refractivity contribution in [3.05, 3.63) is 11.9 Å². The van der Waals surface area contributed by atoms with Gasteiger partial charge in [0.05, 0.1) is 36.1 Å². The molecule has 0 aliphatic carbocycles. The Labute approximate surface area is 130 Å². The van der Waals surface area contributed by atoms with E-state index in [4.69, 9.17) is 4.74 Å². The number of hydrogen-bond acceptors (Lipinski definition) is 4. The van der Waals surface area contributed by atoms with Crippen LogP contribution in [-0.4, -0.2) is 52.3 Å². The molecular formula is C15H24N4O3. The van der Waals surface area contributed by atoms with Gasteiger partial charge in [0.1, 0.15) is 0 Å². The van der Waals surface area contributed by atoms with Gasteiger partial charge in [0.2, 0.25) is 11.8 Å². The Bertz CT molecular complexity index is 569. The molecule has 0 spiro atoms. The van der Waals surface area contributed by atoms with Gasteiger partial charge in [0.15, 0.2) is 0 Å². The Morgan fingerprint density at radius 3 is 2.77 bits per heavy atom. The predicted octanol–water partition coefficient (Wildman–Crippen LogP) is 1.08. The molecule has 0 aromatic carbocycles. The number of nitrogens with zero attached hydrogens (tertiary/aromatic N) is 3. The van der Waals surface area contributed by atoms with E-state index in [9.17, 15) is 9.59 Å². The lowest BCUT2D eigenvalue weighted by Crippen LogP contribution is -2.51. The second-order valence-electron chi connectivity index (χ2n) is 5.92. The van der Waals surface area contributed by atoms with Gasteiger partial charge >= 0.3 is 0 Å². The summed E-state index contributed by atoms with van der Waals surface area (Å²) >= 11 is 0. The van der Waals surface area contributed by atoms with Gasteiger partial charge < -0.3 is 15.0 Å². The number of hydrogen-bond donors (Lipinski definition) is 1. The Hall–Kier alpha value is -1.89. The molecule has 0 bridgehead atoms. The van der Waals surface area contributed by atoms with E-state index in [2.05, 4.69) is 10.4 Å². The maximum Gasteiger partial charge on any atom is 0.226 e. The molecule has 22 heavy (non-hydrogen) atoms. The minimum Gasteiger partial charge on any atom is -0.382 e. The van der Waals surface area contributed by atoms with Crippen LogP contribution >= 0.6 is 0 Å². The van der Waals surface area contributed by atoms with Crippen LogP contribution in [0.2, 0.25) is 0 Å². The molecule has 2 amide bonds. The molecule has 1 aliphatic rings. The second-order valence-corrected chi connectivity index (χ2v) is 5.92. The van der Waals surface area contributed by atoms with Crippen LogP contribution in [0.15, 0.2) is 6.20 Å². The normalized spacial score (nSPS) is 21.2. The molecule has 1 saturated heterocycles. The smallest absolute Gasteiger partial charge is 0.226 e. The molecule has 1 atom stereocenters. The van der Waals surface area contributed by atoms with Crippen molar-refractivity contribution in [2.75, 3.05) is 25.6 Å². The third kappa shape index (κ3) is 3.14. The molecular weight excluding hydrogens is 284 g/mol. The van der Waals surface area contributed by atoms with Gasteiger partial charge in [-0.2, -0.15) is 5.10 Å². The van der Waals surface area contributed by atoms with Crippen molar-refractivity contribution in [1.82, 2.24) is 14.7 Å². The van der Waals surface area contributed by atoms with Gasteiger partial charge in [0.25, 0.3) is 0 Å². The number of ether oxygens (including phenoxy) is 1. The minimum absolute atomic E-state index is 0.0140. The first kappa shape index (κ1) is 16.5. The summed E-state index contributed by atoms with van der Waals surface area (Å²) in [5.41, 5.74) is 1.05. The lowest BCUT2D eigenvalue weighted by atomic mass is 9.92. The summed E-state index contributed by atoms with van der Waals surface area (Å²) in [7, 11) is 3.42. The highest BCUT2D eigenvalue weighted by Crippen LogP contribution is 2.33. The van der Waals surface area contributed by atoms with Crippen LogP contribution in [-0.2, 0) is 21.4 Å². The van der Waals surface area contributed by atoms with Crippen molar-refractivity contribution in [3.63, 3.8) is 0 Å². The van der Waals surface area contributed by atoms with Crippen molar-refractivity contribution >= 4 is 17.5 Å². The molecule has 2 rings (SSSR count). The molecule has 0 saturated carbocycles. The zero-order valence-corrected chi connectivity index (χ0v) is 13.7. The van der Waals surface area contributed by atoms with E-state index in [-0.39, 0.29) is 18.2 Å². The number of anilines is 1. The molecule has 7 heteroatoms. The second kappa shape index (κ2) is 6.48. The summed E-state index contributed by atoms with van der Waals surface area (Å²) in [4.78, 5) is 26.1. The van der Waals surface area contributed by atoms with E-state index in [0.29, 0.717) is 18.8 Å². The van der Waals surface area contributed by atoms with Crippen LogP contribution in [0.25, 0.3) is 0 Å². The summed E-state index contributed by atoms with van der Waals surface area (Å²) in [6, 6.07) is 0. The first-order chi connectivity index (χ1) is 10.4. The van der Waals surface area contributed by atoms with Crippen molar-refractivity contribution < 1.29 is 14.3 Å². The number of carbonyl (C=O) groups is 2. The lowest BCUT2D eigenvalue weighted by Gasteiger charge is -2.37. The molecule has 122 valence electrons. The van der Waals surface area contributed by atoms with E-state index in [0.717, 1.165) is 18.5 Å². The number of carbonyl (C=O) groups excluding carboxylic acids is 2. The highest BCUT2D eigenvalue weighted by molar-refractivity contribution is 5.92. The Kier molecular flexibility index (Phi) is 4.85. The molecule has 1 aliphatic heterocycles. The van der Waals surface area contributed by atoms with Gasteiger partial charge in [-0.25, -0.2) is 0 Å². The highest BCUT2D eigenvalue weighted by Gasteiger charge is 2.44. The van der Waals surface area contributed by atoms with Gasteiger partial charge in [-0.1, -0.05) is 0 Å². The minimum atomic E-state index is -0.541. The predicted molar refractivity (Wildman–Crippen MR) is 82.4 cm³/mol. The Morgan fingerprint density at radius 1 is 1.50 bits per heavy atom. The molecule has 1 fully saturated rings. The van der Waals surface area contributed by atoms with Crippen molar-refractivity contribution in [2.45, 2.75) is 38.6 Å². The summed E-state index contributed by atoms with van der Waals surface area (Å²) in [6.07, 6.45) is 3.53. The summed E-state index contributed by atoms with van der Waals surface area (Å²) < 4.78 is 7.00. The van der Waals surface area contributed by atoms with Crippen molar-refractivity contribution in [3.8, 4) is 0 Å². The van der Waals surface area contributed by atoms with Crippen LogP contribution in [0.1, 0.15) is 31.9 Å². The molecule has 1 aromatic rings. The quantitative estimate of drug-likeness (QED) is 0.883. The van der Waals surface area contributed by atoms with Crippen LogP contribution < -0.4 is 5.32 Å². The number of aromatic nitrogens is 2. The molecule has 2 heterocycles. The monoisotopic (exact) mass is 308 g/mol. The van der Waals surface area contributed by atoms with Crippen LogP contribution in [0.3, 0.4) is 0 Å². The molecule has 7 nitrogen and oxygen atoms in total. The molecule has 1 aromatic heterocycles. The van der Waals surface area contributed by atoms with Crippen LogP contribution in [0.5, 0.6) is 0 Å². The van der Waals surface area contributed by atoms with Crippen LogP contribution in [0.4, 0.5) is 5.69 Å². The third-order valence-electron chi connectivity index (χ3n) is 4.39. The van der Waals surface area contributed by atoms with Gasteiger partial charge in [-0.3, -0.25) is 14.3 Å². The van der Waals surface area contributed by atoms with Gasteiger partial charge in [0, 0.05) is 27.6 Å². The van der Waals surface area contributed by atoms with E-state index in [1.807, 2.05) is 14.0 Å². The van der Waals surface area contributed by atoms with E-state index in [1.54, 1.807) is 29.8 Å². The average molecular weight is 308 g/mol. The van der Waals surface area contributed by atoms with E-state index < -0.39 is 5.54 Å². The number of amides is 2. The SMILES string of the molecule is COC[C@@]1(CC(=O)Nc2cnn(C)c2C)CCCN1C(C)=O. The van der Waals surface area contributed by atoms with Gasteiger partial charge in [-0.15, -0.1) is 0 Å². The zero-order valence-electron chi connectivity index (χ0n) is 13.7. The first-order valence-corrected chi connectivity index (χ1v) is 7.45. The number of likely N-dealkylation sites (tertiary alicyclic amines) is 1. The zero-order chi connectivity index (χ0) is 16.3. The lowest BCUT2D eigenvalue weighted by molar-refractivity contribution is -0.136.